The largest absolute Gasteiger partial charge is 0.390 e. The average molecular weight is 300 g/mol. The summed E-state index contributed by atoms with van der Waals surface area (Å²) in [5.74, 6) is 0.915. The molecular formula is C15H26ClN3O. The molecule has 5 heteroatoms. The summed E-state index contributed by atoms with van der Waals surface area (Å²) in [5, 5.41) is 18.5. The molecule has 0 aliphatic carbocycles. The van der Waals surface area contributed by atoms with Crippen LogP contribution in [0.1, 0.15) is 45.0 Å². The average Bonchev–Trinajstić information content (AvgIpc) is 2.65. The molecule has 0 amide bonds. The smallest absolute Gasteiger partial charge is 0.0951 e. The molecular weight excluding hydrogens is 274 g/mol. The number of aromatic amines is 1. The number of likely N-dealkylation sites (tertiary alicyclic amines) is 1. The molecule has 2 rings (SSSR count). The minimum absolute atomic E-state index is 0.315. The third-order valence-corrected chi connectivity index (χ3v) is 4.86. The van der Waals surface area contributed by atoms with E-state index in [2.05, 4.69) is 28.9 Å². The monoisotopic (exact) mass is 299 g/mol. The molecule has 4 nitrogen and oxygen atoms in total. The predicted octanol–water partition coefficient (Wildman–Crippen LogP) is 2.99. The Kier molecular flexibility index (Phi) is 4.77. The normalized spacial score (nSPS) is 28.2. The van der Waals surface area contributed by atoms with Crippen LogP contribution in [0.2, 0.25) is 5.02 Å². The molecule has 0 aromatic carbocycles. The zero-order valence-corrected chi connectivity index (χ0v) is 13.7. The van der Waals surface area contributed by atoms with E-state index in [1.54, 1.807) is 0 Å². The highest BCUT2D eigenvalue weighted by atomic mass is 35.5. The molecule has 2 heterocycles. The summed E-state index contributed by atoms with van der Waals surface area (Å²) in [6, 6.07) is 0. The van der Waals surface area contributed by atoms with E-state index in [4.69, 9.17) is 11.6 Å². The van der Waals surface area contributed by atoms with Gasteiger partial charge in [0.05, 0.1) is 22.0 Å². The van der Waals surface area contributed by atoms with E-state index in [-0.39, 0.29) is 0 Å². The number of nitrogens with zero attached hydrogens (tertiary/aromatic N) is 2. The van der Waals surface area contributed by atoms with Crippen LogP contribution in [0, 0.1) is 18.8 Å². The van der Waals surface area contributed by atoms with E-state index in [0.717, 1.165) is 48.9 Å². The van der Waals surface area contributed by atoms with Gasteiger partial charge >= 0.3 is 0 Å². The SMILES string of the molecule is Cc1[nH]nc(CN2CC[C@@](C)(O)[C@@H](CC(C)C)C2)c1Cl. The van der Waals surface area contributed by atoms with Crippen molar-refractivity contribution in [2.24, 2.45) is 11.8 Å². The summed E-state index contributed by atoms with van der Waals surface area (Å²) in [6.07, 6.45) is 1.86. The molecule has 1 aliphatic rings. The Bertz CT molecular complexity index is 456. The third-order valence-electron chi connectivity index (χ3n) is 4.36. The minimum atomic E-state index is -0.550. The van der Waals surface area contributed by atoms with Gasteiger partial charge in [-0.2, -0.15) is 5.10 Å². The molecule has 1 fully saturated rings. The maximum atomic E-state index is 10.6. The Morgan fingerprint density at radius 1 is 1.55 bits per heavy atom. The fourth-order valence-electron chi connectivity index (χ4n) is 3.01. The van der Waals surface area contributed by atoms with Crippen LogP contribution < -0.4 is 0 Å². The number of aromatic nitrogens is 2. The summed E-state index contributed by atoms with van der Waals surface area (Å²) in [5.41, 5.74) is 1.28. The molecule has 2 atom stereocenters. The number of piperidine rings is 1. The van der Waals surface area contributed by atoms with Gasteiger partial charge in [-0.15, -0.1) is 0 Å². The number of aryl methyl sites for hydroxylation is 1. The lowest BCUT2D eigenvalue weighted by atomic mass is 9.78. The van der Waals surface area contributed by atoms with Gasteiger partial charge in [0.1, 0.15) is 0 Å². The molecule has 0 spiro atoms. The summed E-state index contributed by atoms with van der Waals surface area (Å²) in [7, 11) is 0. The first-order chi connectivity index (χ1) is 9.29. The molecule has 114 valence electrons. The van der Waals surface area contributed by atoms with Crippen LogP contribution in [0.5, 0.6) is 0 Å². The standard InChI is InChI=1S/C15H26ClN3O/c1-10(2)7-12-8-19(6-5-15(12,4)20)9-13-14(16)11(3)17-18-13/h10,12,20H,5-9H2,1-4H3,(H,17,18)/t12-,15+/m0/s1. The van der Waals surface area contributed by atoms with Gasteiger partial charge in [-0.3, -0.25) is 10.00 Å². The van der Waals surface area contributed by atoms with Crippen molar-refractivity contribution >= 4 is 11.6 Å². The van der Waals surface area contributed by atoms with Gasteiger partial charge in [-0.1, -0.05) is 25.4 Å². The van der Waals surface area contributed by atoms with Crippen LogP contribution in [-0.4, -0.2) is 38.9 Å². The van der Waals surface area contributed by atoms with Crippen LogP contribution >= 0.6 is 11.6 Å². The number of halogens is 1. The van der Waals surface area contributed by atoms with E-state index >= 15 is 0 Å². The van der Waals surface area contributed by atoms with Crippen molar-refractivity contribution in [3.05, 3.63) is 16.4 Å². The van der Waals surface area contributed by atoms with Gasteiger partial charge in [0.15, 0.2) is 0 Å². The van der Waals surface area contributed by atoms with Gasteiger partial charge in [-0.05, 0) is 32.6 Å². The summed E-state index contributed by atoms with van der Waals surface area (Å²) >= 11 is 6.23. The molecule has 1 aromatic heterocycles. The number of rotatable bonds is 4. The molecule has 20 heavy (non-hydrogen) atoms. The Balaban J connectivity index is 2.02. The second-order valence-electron chi connectivity index (χ2n) is 6.78. The van der Waals surface area contributed by atoms with Crippen molar-refractivity contribution in [3.8, 4) is 0 Å². The highest BCUT2D eigenvalue weighted by molar-refractivity contribution is 6.31. The van der Waals surface area contributed by atoms with Crippen molar-refractivity contribution < 1.29 is 5.11 Å². The van der Waals surface area contributed by atoms with Crippen molar-refractivity contribution in [3.63, 3.8) is 0 Å². The zero-order valence-electron chi connectivity index (χ0n) is 12.9. The first-order valence-electron chi connectivity index (χ1n) is 7.43. The lowest BCUT2D eigenvalue weighted by molar-refractivity contribution is -0.0666. The second kappa shape index (κ2) is 6.04. The highest BCUT2D eigenvalue weighted by Crippen LogP contribution is 2.33. The van der Waals surface area contributed by atoms with Crippen molar-refractivity contribution in [2.45, 2.75) is 52.7 Å². The Morgan fingerprint density at radius 3 is 2.80 bits per heavy atom. The number of hydrogen-bond donors (Lipinski definition) is 2. The van der Waals surface area contributed by atoms with Crippen molar-refractivity contribution in [2.75, 3.05) is 13.1 Å². The predicted molar refractivity (Wildman–Crippen MR) is 81.8 cm³/mol. The number of nitrogens with one attached hydrogen (secondary N) is 1. The molecule has 1 aliphatic heterocycles. The highest BCUT2D eigenvalue weighted by Gasteiger charge is 2.37. The number of hydrogen-bond acceptors (Lipinski definition) is 3. The minimum Gasteiger partial charge on any atom is -0.390 e. The molecule has 2 N–H and O–H groups in total. The summed E-state index contributed by atoms with van der Waals surface area (Å²) in [6.45, 7) is 10.9. The van der Waals surface area contributed by atoms with Gasteiger partial charge in [0, 0.05) is 25.6 Å². The molecule has 0 radical (unpaired) electrons. The van der Waals surface area contributed by atoms with Crippen LogP contribution in [0.4, 0.5) is 0 Å². The van der Waals surface area contributed by atoms with Crippen LogP contribution in [-0.2, 0) is 6.54 Å². The van der Waals surface area contributed by atoms with E-state index < -0.39 is 5.60 Å². The summed E-state index contributed by atoms with van der Waals surface area (Å²) < 4.78 is 0. The van der Waals surface area contributed by atoms with Crippen LogP contribution in [0.25, 0.3) is 0 Å². The fraction of sp³-hybridized carbons (Fsp3) is 0.800. The maximum Gasteiger partial charge on any atom is 0.0951 e. The first-order valence-corrected chi connectivity index (χ1v) is 7.81. The van der Waals surface area contributed by atoms with Gasteiger partial charge < -0.3 is 5.11 Å². The third kappa shape index (κ3) is 3.54. The van der Waals surface area contributed by atoms with Crippen molar-refractivity contribution in [1.29, 1.82) is 0 Å². The Labute approximate surface area is 126 Å². The molecule has 1 aromatic rings. The molecule has 1 saturated heterocycles. The van der Waals surface area contributed by atoms with E-state index in [9.17, 15) is 5.11 Å². The quantitative estimate of drug-likeness (QED) is 0.898. The van der Waals surface area contributed by atoms with E-state index in [1.807, 2.05) is 13.8 Å². The van der Waals surface area contributed by atoms with Gasteiger partial charge in [-0.25, -0.2) is 0 Å². The number of H-pyrrole nitrogens is 1. The van der Waals surface area contributed by atoms with E-state index in [1.165, 1.54) is 0 Å². The maximum absolute atomic E-state index is 10.6. The topological polar surface area (TPSA) is 52.2 Å². The zero-order chi connectivity index (χ0) is 14.9. The molecule has 0 saturated carbocycles. The molecule has 0 unspecified atom stereocenters. The first kappa shape index (κ1) is 15.8. The molecule has 0 bridgehead atoms. The lowest BCUT2D eigenvalue weighted by Crippen LogP contribution is -2.50. The number of aliphatic hydroxyl groups is 1. The van der Waals surface area contributed by atoms with Crippen LogP contribution in [0.15, 0.2) is 0 Å². The fourth-order valence-corrected chi connectivity index (χ4v) is 3.16. The Hall–Kier alpha value is -0.580. The van der Waals surface area contributed by atoms with Crippen molar-refractivity contribution in [1.82, 2.24) is 15.1 Å². The lowest BCUT2D eigenvalue weighted by Gasteiger charge is -2.43. The van der Waals surface area contributed by atoms with E-state index in [0.29, 0.717) is 11.8 Å². The van der Waals surface area contributed by atoms with Gasteiger partial charge in [0.25, 0.3) is 0 Å². The second-order valence-corrected chi connectivity index (χ2v) is 7.16. The van der Waals surface area contributed by atoms with Crippen LogP contribution in [0.3, 0.4) is 0 Å². The summed E-state index contributed by atoms with van der Waals surface area (Å²) in [4.78, 5) is 2.35. The Morgan fingerprint density at radius 2 is 2.25 bits per heavy atom. The van der Waals surface area contributed by atoms with Gasteiger partial charge in [0.2, 0.25) is 0 Å².